The predicted molar refractivity (Wildman–Crippen MR) is 124 cm³/mol. The number of hydrogen-bond donors (Lipinski definition) is 2. The van der Waals surface area contributed by atoms with E-state index in [4.69, 9.17) is 0 Å². The van der Waals surface area contributed by atoms with Gasteiger partial charge < -0.3 is 15.0 Å². The Morgan fingerprint density at radius 3 is 2.68 bits per heavy atom. The molecule has 8 heteroatoms. The first-order chi connectivity index (χ1) is 16.6. The summed E-state index contributed by atoms with van der Waals surface area (Å²) in [6.07, 6.45) is 4.09. The third kappa shape index (κ3) is 4.03. The van der Waals surface area contributed by atoms with Gasteiger partial charge in [-0.15, -0.1) is 0 Å². The molecule has 0 unspecified atom stereocenters. The Morgan fingerprint density at radius 1 is 1.12 bits per heavy atom. The molecule has 1 fully saturated rings. The highest BCUT2D eigenvalue weighted by Crippen LogP contribution is 2.48. The van der Waals surface area contributed by atoms with Crippen LogP contribution in [0.1, 0.15) is 22.9 Å². The fourth-order valence-corrected chi connectivity index (χ4v) is 5.51. The lowest BCUT2D eigenvalue weighted by atomic mass is 9.86. The molecule has 0 spiro atoms. The molecule has 2 aliphatic rings. The van der Waals surface area contributed by atoms with Crippen molar-refractivity contribution in [3.8, 4) is 0 Å². The number of amides is 1. The molecule has 5 rings (SSSR count). The number of halogens is 1. The highest BCUT2D eigenvalue weighted by atomic mass is 19.1. The molecule has 0 saturated carbocycles. The van der Waals surface area contributed by atoms with Crippen molar-refractivity contribution in [3.05, 3.63) is 100.0 Å². The first kappa shape index (κ1) is 22.4. The first-order valence-electron chi connectivity index (χ1n) is 11.5. The molecule has 1 amide bonds. The molecule has 2 N–H and O–H groups in total. The molecule has 2 bridgehead atoms. The summed E-state index contributed by atoms with van der Waals surface area (Å²) in [6, 6.07) is 14.8. The summed E-state index contributed by atoms with van der Waals surface area (Å²) in [4.78, 5) is 32.2. The van der Waals surface area contributed by atoms with Crippen molar-refractivity contribution in [1.82, 2.24) is 19.8 Å². The van der Waals surface area contributed by atoms with Crippen LogP contribution in [0.2, 0.25) is 0 Å². The van der Waals surface area contributed by atoms with E-state index >= 15 is 0 Å². The number of nitrogens with one attached hydrogen (secondary N) is 1. The Bertz CT molecular complexity index is 1230. The molecule has 1 aromatic carbocycles. The van der Waals surface area contributed by atoms with Gasteiger partial charge in [0.1, 0.15) is 5.82 Å². The Kier molecular flexibility index (Phi) is 6.26. The van der Waals surface area contributed by atoms with Gasteiger partial charge in [0.2, 0.25) is 5.91 Å². The minimum absolute atomic E-state index is 0.131. The van der Waals surface area contributed by atoms with Crippen molar-refractivity contribution in [1.29, 1.82) is 0 Å². The quantitative estimate of drug-likeness (QED) is 0.560. The van der Waals surface area contributed by atoms with Crippen molar-refractivity contribution < 1.29 is 14.3 Å². The van der Waals surface area contributed by atoms with E-state index in [0.717, 1.165) is 11.3 Å². The molecule has 2 aliphatic heterocycles. The summed E-state index contributed by atoms with van der Waals surface area (Å²) >= 11 is 0. The van der Waals surface area contributed by atoms with Crippen LogP contribution in [0.25, 0.3) is 0 Å². The number of benzene rings is 1. The van der Waals surface area contributed by atoms with Crippen LogP contribution in [-0.2, 0) is 24.3 Å². The SMILES string of the molecule is O=C(NCCc1ccncc1)[C@H]1[C@H](CO)[C@H]2Cn3c(cccc3=O)[C@@H]1N2Cc1ccccc1F. The van der Waals surface area contributed by atoms with Gasteiger partial charge >= 0.3 is 0 Å². The van der Waals surface area contributed by atoms with Gasteiger partial charge in [-0.05, 0) is 36.2 Å². The number of fused-ring (bicyclic) bond motifs is 4. The van der Waals surface area contributed by atoms with E-state index in [9.17, 15) is 19.1 Å². The normalized spacial score (nSPS) is 23.5. The van der Waals surface area contributed by atoms with Crippen LogP contribution in [0, 0.1) is 17.7 Å². The van der Waals surface area contributed by atoms with E-state index in [1.165, 1.54) is 12.1 Å². The predicted octanol–water partition coefficient (Wildman–Crippen LogP) is 1.91. The fourth-order valence-electron chi connectivity index (χ4n) is 5.51. The molecule has 4 heterocycles. The number of rotatable bonds is 7. The summed E-state index contributed by atoms with van der Waals surface area (Å²) in [7, 11) is 0. The van der Waals surface area contributed by atoms with Gasteiger partial charge in [0.15, 0.2) is 0 Å². The molecular weight excluding hydrogens is 435 g/mol. The van der Waals surface area contributed by atoms with Gasteiger partial charge in [-0.1, -0.05) is 24.3 Å². The number of aromatic nitrogens is 2. The molecule has 2 aromatic heterocycles. The minimum atomic E-state index is -0.560. The zero-order valence-corrected chi connectivity index (χ0v) is 18.7. The lowest BCUT2D eigenvalue weighted by molar-refractivity contribution is -0.127. The summed E-state index contributed by atoms with van der Waals surface area (Å²) in [6.45, 7) is 0.901. The summed E-state index contributed by atoms with van der Waals surface area (Å²) in [5.74, 6) is -1.41. The van der Waals surface area contributed by atoms with E-state index in [-0.39, 0.29) is 35.9 Å². The van der Waals surface area contributed by atoms with Gasteiger partial charge in [-0.2, -0.15) is 0 Å². The maximum atomic E-state index is 14.5. The maximum Gasteiger partial charge on any atom is 0.250 e. The van der Waals surface area contributed by atoms with Crippen LogP contribution in [0.15, 0.2) is 71.8 Å². The topological polar surface area (TPSA) is 87.5 Å². The number of hydrogen-bond acceptors (Lipinski definition) is 5. The average molecular weight is 463 g/mol. The fraction of sp³-hybridized carbons (Fsp3) is 0.346. The molecule has 34 heavy (non-hydrogen) atoms. The van der Waals surface area contributed by atoms with Gasteiger partial charge in [0.05, 0.1) is 12.0 Å². The van der Waals surface area contributed by atoms with Crippen molar-refractivity contribution in [3.63, 3.8) is 0 Å². The Hall–Kier alpha value is -3.36. The van der Waals surface area contributed by atoms with Crippen molar-refractivity contribution in [2.45, 2.75) is 31.6 Å². The number of carbonyl (C=O) groups excluding carboxylic acids is 1. The van der Waals surface area contributed by atoms with Crippen LogP contribution >= 0.6 is 0 Å². The number of carbonyl (C=O) groups is 1. The molecule has 4 atom stereocenters. The Labute approximate surface area is 196 Å². The number of nitrogens with zero attached hydrogens (tertiary/aromatic N) is 3. The third-order valence-corrected chi connectivity index (χ3v) is 7.12. The average Bonchev–Trinajstić information content (AvgIpc) is 3.05. The van der Waals surface area contributed by atoms with Crippen LogP contribution < -0.4 is 10.9 Å². The number of aliphatic hydroxyl groups is 1. The molecular formula is C26H27FN4O3. The van der Waals surface area contributed by atoms with E-state index in [1.54, 1.807) is 41.2 Å². The minimum Gasteiger partial charge on any atom is -0.396 e. The second kappa shape index (κ2) is 9.48. The highest BCUT2D eigenvalue weighted by molar-refractivity contribution is 5.80. The van der Waals surface area contributed by atoms with E-state index < -0.39 is 12.0 Å². The van der Waals surface area contributed by atoms with Crippen LogP contribution in [0.3, 0.4) is 0 Å². The smallest absolute Gasteiger partial charge is 0.250 e. The number of pyridine rings is 2. The lowest BCUT2D eigenvalue weighted by Gasteiger charge is -2.38. The van der Waals surface area contributed by atoms with Gasteiger partial charge in [0.25, 0.3) is 5.56 Å². The lowest BCUT2D eigenvalue weighted by Crippen LogP contribution is -2.46. The molecule has 3 aromatic rings. The van der Waals surface area contributed by atoms with Gasteiger partial charge in [0, 0.05) is 67.9 Å². The van der Waals surface area contributed by atoms with Crippen molar-refractivity contribution in [2.75, 3.05) is 13.2 Å². The van der Waals surface area contributed by atoms with Gasteiger partial charge in [-0.25, -0.2) is 4.39 Å². The standard InChI is InChI=1S/C26H27FN4O3/c27-20-5-2-1-4-18(20)14-31-22-15-30-21(6-3-7-23(30)33)25(31)24(19(22)16-32)26(34)29-13-10-17-8-11-28-12-9-17/h1-9,11-12,19,22,24-25,32H,10,13-16H2,(H,29,34)/t19-,22-,24+,25+/m1/s1. The zero-order valence-electron chi connectivity index (χ0n) is 18.7. The summed E-state index contributed by atoms with van der Waals surface area (Å²) < 4.78 is 16.2. The van der Waals surface area contributed by atoms with Gasteiger partial charge in [-0.3, -0.25) is 19.5 Å². The zero-order chi connectivity index (χ0) is 23.7. The maximum absolute atomic E-state index is 14.5. The monoisotopic (exact) mass is 462 g/mol. The van der Waals surface area contributed by atoms with Crippen molar-refractivity contribution in [2.24, 2.45) is 11.8 Å². The third-order valence-electron chi connectivity index (χ3n) is 7.12. The Morgan fingerprint density at radius 2 is 1.91 bits per heavy atom. The summed E-state index contributed by atoms with van der Waals surface area (Å²) in [5, 5.41) is 13.4. The molecule has 7 nitrogen and oxygen atoms in total. The van der Waals surface area contributed by atoms with E-state index in [0.29, 0.717) is 31.6 Å². The molecule has 0 aliphatic carbocycles. The second-order valence-corrected chi connectivity index (χ2v) is 8.94. The molecule has 0 radical (unpaired) electrons. The van der Waals surface area contributed by atoms with Crippen LogP contribution in [-0.4, -0.2) is 44.7 Å². The number of aliphatic hydroxyl groups excluding tert-OH is 1. The first-order valence-corrected chi connectivity index (χ1v) is 11.5. The van der Waals surface area contributed by atoms with E-state index in [2.05, 4.69) is 15.2 Å². The Balaban J connectivity index is 1.46. The van der Waals surface area contributed by atoms with Crippen LogP contribution in [0.4, 0.5) is 4.39 Å². The molecule has 176 valence electrons. The second-order valence-electron chi connectivity index (χ2n) is 8.94. The van der Waals surface area contributed by atoms with Crippen molar-refractivity contribution >= 4 is 5.91 Å². The van der Waals surface area contributed by atoms with E-state index in [1.807, 2.05) is 18.2 Å². The largest absolute Gasteiger partial charge is 0.396 e. The highest BCUT2D eigenvalue weighted by Gasteiger charge is 2.55. The molecule has 1 saturated heterocycles. The van der Waals surface area contributed by atoms with Crippen LogP contribution in [0.5, 0.6) is 0 Å². The summed E-state index contributed by atoms with van der Waals surface area (Å²) in [5.41, 5.74) is 2.19.